The summed E-state index contributed by atoms with van der Waals surface area (Å²) < 4.78 is 4.98. The van der Waals surface area contributed by atoms with Gasteiger partial charge in [0.05, 0.1) is 33.2 Å². The number of para-hydroxylation sites is 4. The van der Waals surface area contributed by atoms with Crippen LogP contribution in [0.2, 0.25) is 0 Å². The monoisotopic (exact) mass is 678 g/mol. The molecule has 0 radical (unpaired) electrons. The average molecular weight is 679 g/mol. The lowest BCUT2D eigenvalue weighted by molar-refractivity contribution is 0.691. The maximum Gasteiger partial charge on any atom is 0.0764 e. The zero-order valence-corrected chi connectivity index (χ0v) is 28.9. The number of benzene rings is 8. The Morgan fingerprint density at radius 3 is 1.81 bits per heavy atom. The Labute approximate surface area is 305 Å². The molecule has 0 saturated heterocycles. The van der Waals surface area contributed by atoms with E-state index in [4.69, 9.17) is 0 Å². The third-order valence-corrected chi connectivity index (χ3v) is 12.7. The van der Waals surface area contributed by atoms with Crippen LogP contribution < -0.4 is 0 Å². The fourth-order valence-corrected chi connectivity index (χ4v) is 10.7. The molecule has 52 heavy (non-hydrogen) atoms. The zero-order valence-electron chi connectivity index (χ0n) is 28.1. The van der Waals surface area contributed by atoms with Crippen molar-refractivity contribution in [3.05, 3.63) is 204 Å². The van der Waals surface area contributed by atoms with E-state index in [1.165, 1.54) is 98.2 Å². The van der Waals surface area contributed by atoms with E-state index in [9.17, 15) is 0 Å². The summed E-state index contributed by atoms with van der Waals surface area (Å²) in [5.74, 6) is 0. The average Bonchev–Trinajstić information content (AvgIpc) is 3.72. The molecule has 1 unspecified atom stereocenters. The van der Waals surface area contributed by atoms with Gasteiger partial charge in [-0.25, -0.2) is 0 Å². The van der Waals surface area contributed by atoms with Crippen LogP contribution in [0.5, 0.6) is 0 Å². The molecule has 3 heteroatoms. The molecular weight excluding hydrogens is 649 g/mol. The normalized spacial score (nSPS) is 15.7. The fourth-order valence-electron chi connectivity index (χ4n) is 9.50. The van der Waals surface area contributed by atoms with Crippen LogP contribution in [0.25, 0.3) is 66.1 Å². The van der Waals surface area contributed by atoms with Crippen LogP contribution in [-0.4, -0.2) is 9.13 Å². The van der Waals surface area contributed by atoms with Crippen molar-refractivity contribution in [1.29, 1.82) is 0 Å². The van der Waals surface area contributed by atoms with Gasteiger partial charge in [-0.3, -0.25) is 0 Å². The molecule has 4 heterocycles. The van der Waals surface area contributed by atoms with Crippen molar-refractivity contribution in [2.24, 2.45) is 0 Å². The molecule has 1 atom stereocenters. The molecule has 0 bridgehead atoms. The van der Waals surface area contributed by atoms with E-state index < -0.39 is 5.41 Å². The molecular formula is C49H30N2S. The molecule has 2 aliphatic heterocycles. The van der Waals surface area contributed by atoms with Crippen LogP contribution in [0.4, 0.5) is 0 Å². The van der Waals surface area contributed by atoms with Crippen molar-refractivity contribution < 1.29 is 0 Å². The molecule has 2 aliphatic rings. The number of aromatic nitrogens is 2. The largest absolute Gasteiger partial charge is 0.309 e. The van der Waals surface area contributed by atoms with Gasteiger partial charge >= 0.3 is 0 Å². The molecule has 12 rings (SSSR count). The first-order valence-electron chi connectivity index (χ1n) is 17.9. The first-order valence-corrected chi connectivity index (χ1v) is 18.8. The van der Waals surface area contributed by atoms with Crippen LogP contribution in [0.1, 0.15) is 22.3 Å². The van der Waals surface area contributed by atoms with Crippen molar-refractivity contribution in [3.8, 4) is 22.5 Å². The predicted molar refractivity (Wildman–Crippen MR) is 217 cm³/mol. The molecule has 1 spiro atoms. The SMILES string of the molecule is c1ccc(-c2ccc(-n3c4ccccc4c4cc5c(cc43)Sc3ccccc3C53c4ccccc4-n4c5ccccc5c5cccc3c54)cc2)cc1. The summed E-state index contributed by atoms with van der Waals surface area (Å²) >= 11 is 1.91. The summed E-state index contributed by atoms with van der Waals surface area (Å²) in [6.45, 7) is 0. The second-order valence-corrected chi connectivity index (χ2v) is 15.1. The topological polar surface area (TPSA) is 9.86 Å². The summed E-state index contributed by atoms with van der Waals surface area (Å²) in [5, 5.41) is 5.14. The van der Waals surface area contributed by atoms with Crippen LogP contribution >= 0.6 is 11.8 Å². The van der Waals surface area contributed by atoms with Crippen molar-refractivity contribution >= 4 is 55.4 Å². The van der Waals surface area contributed by atoms with Gasteiger partial charge in [0.1, 0.15) is 0 Å². The minimum Gasteiger partial charge on any atom is -0.309 e. The summed E-state index contributed by atoms with van der Waals surface area (Å²) in [6, 6.07) is 67.7. The molecule has 0 saturated carbocycles. The Bertz CT molecular complexity index is 3090. The van der Waals surface area contributed by atoms with Gasteiger partial charge in [-0.1, -0.05) is 145 Å². The molecule has 10 aromatic rings. The lowest BCUT2D eigenvalue weighted by atomic mass is 9.62. The number of nitrogens with zero attached hydrogens (tertiary/aromatic N) is 2. The van der Waals surface area contributed by atoms with E-state index in [-0.39, 0.29) is 0 Å². The second kappa shape index (κ2) is 10.4. The molecule has 2 aromatic heterocycles. The predicted octanol–water partition coefficient (Wildman–Crippen LogP) is 12.7. The first-order chi connectivity index (χ1) is 25.8. The molecule has 0 fully saturated rings. The molecule has 0 amide bonds. The number of hydrogen-bond donors (Lipinski definition) is 0. The highest BCUT2D eigenvalue weighted by Crippen LogP contribution is 2.61. The highest BCUT2D eigenvalue weighted by Gasteiger charge is 2.49. The Kier molecular flexibility index (Phi) is 5.67. The summed E-state index contributed by atoms with van der Waals surface area (Å²) in [4.78, 5) is 2.60. The zero-order chi connectivity index (χ0) is 34.0. The van der Waals surface area contributed by atoms with Gasteiger partial charge in [0.15, 0.2) is 0 Å². The van der Waals surface area contributed by atoms with Gasteiger partial charge in [-0.05, 0) is 81.9 Å². The third-order valence-electron chi connectivity index (χ3n) is 11.6. The number of rotatable bonds is 2. The van der Waals surface area contributed by atoms with Gasteiger partial charge in [0.25, 0.3) is 0 Å². The lowest BCUT2D eigenvalue weighted by Gasteiger charge is -2.45. The Balaban J connectivity index is 1.20. The van der Waals surface area contributed by atoms with Gasteiger partial charge in [-0.2, -0.15) is 0 Å². The maximum atomic E-state index is 2.54. The van der Waals surface area contributed by atoms with Crippen LogP contribution in [0, 0.1) is 0 Å². The van der Waals surface area contributed by atoms with Crippen LogP contribution in [-0.2, 0) is 5.41 Å². The molecule has 8 aromatic carbocycles. The van der Waals surface area contributed by atoms with Crippen molar-refractivity contribution in [2.45, 2.75) is 15.2 Å². The van der Waals surface area contributed by atoms with Crippen molar-refractivity contribution in [3.63, 3.8) is 0 Å². The highest BCUT2D eigenvalue weighted by atomic mass is 32.2. The van der Waals surface area contributed by atoms with E-state index in [0.29, 0.717) is 0 Å². The van der Waals surface area contributed by atoms with Gasteiger partial charge in [0.2, 0.25) is 0 Å². The fraction of sp³-hybridized carbons (Fsp3) is 0.0204. The van der Waals surface area contributed by atoms with Crippen molar-refractivity contribution in [2.75, 3.05) is 0 Å². The first kappa shape index (κ1) is 28.4. The number of fused-ring (bicyclic) bond motifs is 14. The summed E-state index contributed by atoms with van der Waals surface area (Å²) in [7, 11) is 0. The maximum absolute atomic E-state index is 2.54. The smallest absolute Gasteiger partial charge is 0.0764 e. The van der Waals surface area contributed by atoms with E-state index in [1.54, 1.807) is 0 Å². The summed E-state index contributed by atoms with van der Waals surface area (Å²) in [6.07, 6.45) is 0. The van der Waals surface area contributed by atoms with Gasteiger partial charge in [-0.15, -0.1) is 0 Å². The molecule has 242 valence electrons. The van der Waals surface area contributed by atoms with Crippen LogP contribution in [0.15, 0.2) is 192 Å². The van der Waals surface area contributed by atoms with E-state index in [0.717, 1.165) is 0 Å². The standard InChI is InChI=1S/C49H30N2S/c1-2-13-31(14-3-1)32-25-27-33(28-26-32)50-42-21-8-5-16-35(42)37-29-41-47(30-45(37)50)52-46-24-11-7-19-39(46)49(41)38-18-6-10-23-44(38)51-43-22-9-4-15-34(43)36-17-12-20-40(49)48(36)51/h1-30H. The van der Waals surface area contributed by atoms with E-state index in [1.807, 2.05) is 11.8 Å². The van der Waals surface area contributed by atoms with Crippen LogP contribution in [0.3, 0.4) is 0 Å². The third kappa shape index (κ3) is 3.56. The lowest BCUT2D eigenvalue weighted by Crippen LogP contribution is -2.37. The van der Waals surface area contributed by atoms with Gasteiger partial charge < -0.3 is 9.13 Å². The Morgan fingerprint density at radius 1 is 0.365 bits per heavy atom. The van der Waals surface area contributed by atoms with E-state index in [2.05, 4.69) is 191 Å². The van der Waals surface area contributed by atoms with Crippen molar-refractivity contribution in [1.82, 2.24) is 9.13 Å². The Morgan fingerprint density at radius 2 is 0.981 bits per heavy atom. The Hall–Kier alpha value is -6.29. The van der Waals surface area contributed by atoms with Gasteiger partial charge in [0, 0.05) is 37.0 Å². The molecule has 0 N–H and O–H groups in total. The molecule has 2 nitrogen and oxygen atoms in total. The molecule has 0 aliphatic carbocycles. The summed E-state index contributed by atoms with van der Waals surface area (Å²) in [5.41, 5.74) is 14.7. The second-order valence-electron chi connectivity index (χ2n) is 14.1. The quantitative estimate of drug-likeness (QED) is 0.177. The van der Waals surface area contributed by atoms with E-state index >= 15 is 0 Å². The number of hydrogen-bond acceptors (Lipinski definition) is 1. The minimum absolute atomic E-state index is 0.508. The highest BCUT2D eigenvalue weighted by molar-refractivity contribution is 7.99. The minimum atomic E-state index is -0.508.